The molecule has 3 N–H and O–H groups in total. The topological polar surface area (TPSA) is 116 Å². The van der Waals surface area contributed by atoms with Crippen LogP contribution in [0.5, 0.6) is 0 Å². The zero-order chi connectivity index (χ0) is 13.4. The van der Waals surface area contributed by atoms with E-state index < -0.39 is 6.10 Å². The Hall–Kier alpha value is -2.06. The fourth-order valence-electron chi connectivity index (χ4n) is 2.29. The van der Waals surface area contributed by atoms with Gasteiger partial charge in [-0.05, 0) is 0 Å². The van der Waals surface area contributed by atoms with Gasteiger partial charge in [0.15, 0.2) is 5.65 Å². The summed E-state index contributed by atoms with van der Waals surface area (Å²) in [6.07, 6.45) is 3.52. The van der Waals surface area contributed by atoms with Gasteiger partial charge < -0.3 is 20.4 Å². The predicted octanol–water partition coefficient (Wildman–Crippen LogP) is -0.497. The van der Waals surface area contributed by atoms with Gasteiger partial charge >= 0.3 is 0 Å². The van der Waals surface area contributed by atoms with Crippen LogP contribution in [0.25, 0.3) is 11.2 Å². The Bertz CT molecular complexity index is 613. The molecule has 3 atom stereocenters. The number of anilines is 1. The number of carbonyl (C=O) groups excluding carboxylic acids is 1. The van der Waals surface area contributed by atoms with E-state index in [1.807, 2.05) is 0 Å². The van der Waals surface area contributed by atoms with Crippen LogP contribution in [0.3, 0.4) is 0 Å². The fourth-order valence-corrected chi connectivity index (χ4v) is 2.29. The van der Waals surface area contributed by atoms with Gasteiger partial charge in [0.05, 0.1) is 25.2 Å². The van der Waals surface area contributed by atoms with Gasteiger partial charge in [0, 0.05) is 12.3 Å². The highest BCUT2D eigenvalue weighted by Gasteiger charge is 2.36. The molecule has 100 valence electrons. The van der Waals surface area contributed by atoms with Crippen LogP contribution in [0, 0.1) is 5.92 Å². The van der Waals surface area contributed by atoms with Crippen molar-refractivity contribution in [3.05, 3.63) is 12.5 Å². The lowest BCUT2D eigenvalue weighted by molar-refractivity contribution is -0.113. The number of carbonyl (C=O) groups is 1. The molecule has 2 aromatic rings. The Labute approximate surface area is 108 Å². The van der Waals surface area contributed by atoms with Crippen molar-refractivity contribution in [2.24, 2.45) is 5.92 Å². The van der Waals surface area contributed by atoms with Crippen molar-refractivity contribution >= 4 is 23.4 Å². The van der Waals surface area contributed by atoms with E-state index in [4.69, 9.17) is 10.5 Å². The molecule has 0 bridgehead atoms. The maximum atomic E-state index is 10.9. The van der Waals surface area contributed by atoms with Crippen LogP contribution in [0.1, 0.15) is 12.6 Å². The molecule has 8 nitrogen and oxygen atoms in total. The van der Waals surface area contributed by atoms with E-state index in [0.29, 0.717) is 17.6 Å². The van der Waals surface area contributed by atoms with Crippen molar-refractivity contribution in [3.8, 4) is 0 Å². The third kappa shape index (κ3) is 1.94. The van der Waals surface area contributed by atoms with Gasteiger partial charge in [0.2, 0.25) is 5.95 Å². The van der Waals surface area contributed by atoms with Crippen LogP contribution in [0.2, 0.25) is 0 Å². The van der Waals surface area contributed by atoms with Crippen LogP contribution in [-0.2, 0) is 9.53 Å². The zero-order valence-electron chi connectivity index (χ0n) is 10.0. The maximum Gasteiger partial charge on any atom is 0.222 e. The number of ether oxygens (including phenoxy) is 1. The van der Waals surface area contributed by atoms with Crippen LogP contribution >= 0.6 is 0 Å². The molecule has 1 saturated heterocycles. The number of hydrogen-bond donors (Lipinski definition) is 2. The lowest BCUT2D eigenvalue weighted by Gasteiger charge is -2.13. The number of nitrogens with zero attached hydrogens (tertiary/aromatic N) is 4. The summed E-state index contributed by atoms with van der Waals surface area (Å²) in [7, 11) is 0. The lowest BCUT2D eigenvalue weighted by atomic mass is 10.0. The second kappa shape index (κ2) is 4.56. The molecule has 0 saturated carbocycles. The summed E-state index contributed by atoms with van der Waals surface area (Å²) in [4.78, 5) is 23.1. The molecular formula is C11H13N5O3. The number of aliphatic hydroxyl groups is 1. The molecule has 0 unspecified atom stereocenters. The average molecular weight is 263 g/mol. The average Bonchev–Trinajstić information content (AvgIpc) is 3.00. The summed E-state index contributed by atoms with van der Waals surface area (Å²) in [5, 5.41) is 9.19. The predicted molar refractivity (Wildman–Crippen MR) is 64.9 cm³/mol. The molecule has 1 fully saturated rings. The van der Waals surface area contributed by atoms with Gasteiger partial charge in [-0.1, -0.05) is 0 Å². The molecule has 1 aliphatic heterocycles. The van der Waals surface area contributed by atoms with E-state index in [0.717, 1.165) is 6.29 Å². The van der Waals surface area contributed by atoms with Gasteiger partial charge in [0.1, 0.15) is 18.0 Å². The van der Waals surface area contributed by atoms with Crippen molar-refractivity contribution in [2.75, 3.05) is 12.3 Å². The number of fused-ring (bicyclic) bond motifs is 1. The van der Waals surface area contributed by atoms with E-state index in [2.05, 4.69) is 15.0 Å². The molecule has 0 spiro atoms. The monoisotopic (exact) mass is 263 g/mol. The lowest BCUT2D eigenvalue weighted by Crippen LogP contribution is -2.21. The summed E-state index contributed by atoms with van der Waals surface area (Å²) in [6.45, 7) is -0.191. The molecule has 3 heterocycles. The van der Waals surface area contributed by atoms with Crippen LogP contribution in [0.4, 0.5) is 5.95 Å². The minimum absolute atomic E-state index is 0.151. The van der Waals surface area contributed by atoms with Gasteiger partial charge in [-0.25, -0.2) is 9.97 Å². The van der Waals surface area contributed by atoms with Crippen molar-refractivity contribution in [1.82, 2.24) is 19.5 Å². The minimum atomic E-state index is -0.487. The Balaban J connectivity index is 1.97. The summed E-state index contributed by atoms with van der Waals surface area (Å²) >= 11 is 0. The molecular weight excluding hydrogens is 250 g/mol. The van der Waals surface area contributed by atoms with Crippen molar-refractivity contribution < 1.29 is 14.6 Å². The van der Waals surface area contributed by atoms with Crippen LogP contribution in [-0.4, -0.2) is 43.6 Å². The zero-order valence-corrected chi connectivity index (χ0v) is 10.0. The van der Waals surface area contributed by atoms with Gasteiger partial charge in [-0.15, -0.1) is 0 Å². The molecule has 0 aromatic carbocycles. The first-order valence-corrected chi connectivity index (χ1v) is 5.89. The Morgan fingerprint density at radius 3 is 3.11 bits per heavy atom. The van der Waals surface area contributed by atoms with E-state index >= 15 is 0 Å². The number of nitrogens with two attached hydrogens (primary N) is 1. The highest BCUT2D eigenvalue weighted by molar-refractivity contribution is 5.70. The first-order chi connectivity index (χ1) is 9.22. The molecule has 1 aliphatic rings. The molecule has 0 aliphatic carbocycles. The number of aldehydes is 1. The van der Waals surface area contributed by atoms with E-state index in [1.54, 1.807) is 10.9 Å². The van der Waals surface area contributed by atoms with Gasteiger partial charge in [-0.3, -0.25) is 4.57 Å². The summed E-state index contributed by atoms with van der Waals surface area (Å²) in [5.74, 6) is -0.176. The molecule has 2 aromatic heterocycles. The van der Waals surface area contributed by atoms with Crippen molar-refractivity contribution in [1.29, 1.82) is 0 Å². The highest BCUT2D eigenvalue weighted by Crippen LogP contribution is 2.33. The Morgan fingerprint density at radius 2 is 2.42 bits per heavy atom. The fraction of sp³-hybridized carbons (Fsp3) is 0.455. The molecule has 19 heavy (non-hydrogen) atoms. The van der Waals surface area contributed by atoms with Crippen LogP contribution in [0.15, 0.2) is 12.5 Å². The Kier molecular flexibility index (Phi) is 2.88. The summed E-state index contributed by atoms with van der Waals surface area (Å²) in [5.41, 5.74) is 6.72. The largest absolute Gasteiger partial charge is 0.394 e. The number of nitrogen functional groups attached to an aromatic ring is 1. The second-order valence-corrected chi connectivity index (χ2v) is 4.44. The number of aromatic nitrogens is 4. The molecule has 8 heteroatoms. The summed E-state index contributed by atoms with van der Waals surface area (Å²) in [6, 6.07) is 0. The molecule has 3 rings (SSSR count). The Morgan fingerprint density at radius 1 is 1.58 bits per heavy atom. The number of aliphatic hydroxyl groups excluding tert-OH is 1. The summed E-state index contributed by atoms with van der Waals surface area (Å²) < 4.78 is 7.35. The minimum Gasteiger partial charge on any atom is -0.394 e. The standard InChI is InChI=1S/C11H13N5O3/c12-11-13-2-7-10(15-11)16(5-14-7)9-1-6(3-17)8(4-18)19-9/h2-3,5-6,8-9,18H,1,4H2,(H2,12,13,15)/t6-,8-,9-/m1/s1. The normalized spacial score (nSPS) is 26.9. The van der Waals surface area contributed by atoms with Crippen molar-refractivity contribution in [2.45, 2.75) is 18.8 Å². The van der Waals surface area contributed by atoms with Crippen LogP contribution < -0.4 is 5.73 Å². The first-order valence-electron chi connectivity index (χ1n) is 5.89. The first kappa shape index (κ1) is 12.0. The smallest absolute Gasteiger partial charge is 0.222 e. The third-order valence-corrected chi connectivity index (χ3v) is 3.28. The second-order valence-electron chi connectivity index (χ2n) is 4.44. The van der Waals surface area contributed by atoms with E-state index in [-0.39, 0.29) is 24.7 Å². The maximum absolute atomic E-state index is 10.9. The number of hydrogen-bond acceptors (Lipinski definition) is 7. The quantitative estimate of drug-likeness (QED) is 0.717. The van der Waals surface area contributed by atoms with Crippen molar-refractivity contribution in [3.63, 3.8) is 0 Å². The molecule has 0 amide bonds. The number of rotatable bonds is 3. The van der Waals surface area contributed by atoms with Gasteiger partial charge in [0.25, 0.3) is 0 Å². The van der Waals surface area contributed by atoms with E-state index in [1.165, 1.54) is 6.20 Å². The van der Waals surface area contributed by atoms with Gasteiger partial charge in [-0.2, -0.15) is 4.98 Å². The highest BCUT2D eigenvalue weighted by atomic mass is 16.5. The third-order valence-electron chi connectivity index (χ3n) is 3.28. The SMILES string of the molecule is Nc1ncc2ncn([C@H]3C[C@H](C=O)[C@@H](CO)O3)c2n1. The van der Waals surface area contributed by atoms with E-state index in [9.17, 15) is 9.90 Å². The number of imidazole rings is 1. The molecule has 0 radical (unpaired) electrons.